The van der Waals surface area contributed by atoms with Crippen molar-refractivity contribution < 1.29 is 9.53 Å². The van der Waals surface area contributed by atoms with E-state index in [0.717, 1.165) is 32.1 Å². The second-order valence-corrected chi connectivity index (χ2v) is 7.56. The van der Waals surface area contributed by atoms with Gasteiger partial charge in [-0.15, -0.1) is 0 Å². The molecule has 0 N–H and O–H groups in total. The van der Waals surface area contributed by atoms with Gasteiger partial charge in [-0.2, -0.15) is 5.26 Å². The van der Waals surface area contributed by atoms with Gasteiger partial charge < -0.3 is 4.74 Å². The maximum Gasteiger partial charge on any atom is 0.333 e. The minimum atomic E-state index is -0.403. The number of nitrogens with zero attached hydrogens (tertiary/aromatic N) is 1. The van der Waals surface area contributed by atoms with Crippen molar-refractivity contribution in [2.45, 2.75) is 58.0 Å². The Morgan fingerprint density at radius 1 is 1.32 bits per heavy atom. The van der Waals surface area contributed by atoms with Crippen LogP contribution in [0, 0.1) is 28.1 Å². The minimum absolute atomic E-state index is 0.171. The number of nitriles is 1. The van der Waals surface area contributed by atoms with Gasteiger partial charge in [0, 0.05) is 12.0 Å². The number of esters is 1. The minimum Gasteiger partial charge on any atom is -0.456 e. The van der Waals surface area contributed by atoms with Crippen LogP contribution in [0.3, 0.4) is 0 Å². The molecule has 102 valence electrons. The largest absolute Gasteiger partial charge is 0.456 e. The average molecular weight is 259 g/mol. The Morgan fingerprint density at radius 2 is 2.05 bits per heavy atom. The molecule has 19 heavy (non-hydrogen) atoms. The Morgan fingerprint density at radius 3 is 2.63 bits per heavy atom. The van der Waals surface area contributed by atoms with E-state index in [9.17, 15) is 10.1 Å². The molecule has 0 aliphatic heterocycles. The van der Waals surface area contributed by atoms with Crippen LogP contribution in [-0.2, 0) is 9.53 Å². The second-order valence-electron chi connectivity index (χ2n) is 7.56. The lowest BCUT2D eigenvalue weighted by Gasteiger charge is -2.63. The van der Waals surface area contributed by atoms with Crippen LogP contribution in [0.25, 0.3) is 0 Å². The maximum absolute atomic E-state index is 11.9. The number of hydrogen-bond acceptors (Lipinski definition) is 3. The number of carbonyl (C=O) groups is 1. The zero-order valence-corrected chi connectivity index (χ0v) is 11.8. The topological polar surface area (TPSA) is 50.1 Å². The Hall–Kier alpha value is -1.30. The highest BCUT2D eigenvalue weighted by molar-refractivity contribution is 5.87. The van der Waals surface area contributed by atoms with Gasteiger partial charge in [-0.25, -0.2) is 4.79 Å². The predicted molar refractivity (Wildman–Crippen MR) is 71.0 cm³/mol. The van der Waals surface area contributed by atoms with Crippen LogP contribution >= 0.6 is 0 Å². The molecule has 3 nitrogen and oxygen atoms in total. The van der Waals surface area contributed by atoms with E-state index in [4.69, 9.17) is 4.74 Å². The Kier molecular flexibility index (Phi) is 2.43. The number of hydrogen-bond donors (Lipinski definition) is 0. The first-order valence-electron chi connectivity index (χ1n) is 7.10. The zero-order valence-electron chi connectivity index (χ0n) is 11.8. The number of carbonyl (C=O) groups excluding carboxylic acids is 1. The molecule has 4 rings (SSSR count). The van der Waals surface area contributed by atoms with Crippen LogP contribution in [-0.4, -0.2) is 11.6 Å². The normalized spacial score (nSPS) is 46.7. The van der Waals surface area contributed by atoms with Crippen LogP contribution in [0.1, 0.15) is 52.4 Å². The van der Waals surface area contributed by atoms with Gasteiger partial charge in [0.2, 0.25) is 0 Å². The summed E-state index contributed by atoms with van der Waals surface area (Å²) in [7, 11) is 0. The average Bonchev–Trinajstić information content (AvgIpc) is 2.24. The summed E-state index contributed by atoms with van der Waals surface area (Å²) in [5.41, 5.74) is -0.0413. The molecule has 4 saturated carbocycles. The van der Waals surface area contributed by atoms with E-state index in [1.165, 1.54) is 6.42 Å². The fraction of sp³-hybridized carbons (Fsp3) is 0.750. The lowest BCUT2D eigenvalue weighted by atomic mass is 9.43. The van der Waals surface area contributed by atoms with Crippen molar-refractivity contribution in [2.24, 2.45) is 16.7 Å². The van der Waals surface area contributed by atoms with Crippen LogP contribution in [0.15, 0.2) is 12.2 Å². The van der Waals surface area contributed by atoms with Crippen LogP contribution in [0.5, 0.6) is 0 Å². The quantitative estimate of drug-likeness (QED) is 0.564. The Balaban J connectivity index is 1.93. The number of rotatable bonds is 2. The molecular formula is C16H21NO2. The third-order valence-corrected chi connectivity index (χ3v) is 5.19. The molecule has 4 aliphatic carbocycles. The molecule has 4 bridgehead atoms. The van der Waals surface area contributed by atoms with Crippen molar-refractivity contribution in [1.29, 1.82) is 5.26 Å². The van der Waals surface area contributed by atoms with E-state index in [1.807, 2.05) is 0 Å². The molecule has 0 aromatic heterocycles. The van der Waals surface area contributed by atoms with Gasteiger partial charge in [0.15, 0.2) is 0 Å². The molecule has 4 fully saturated rings. The summed E-state index contributed by atoms with van der Waals surface area (Å²) in [6.45, 7) is 7.61. The van der Waals surface area contributed by atoms with Crippen molar-refractivity contribution in [2.75, 3.05) is 0 Å². The van der Waals surface area contributed by atoms with Gasteiger partial charge >= 0.3 is 5.97 Å². The summed E-state index contributed by atoms with van der Waals surface area (Å²) in [5, 5.41) is 9.60. The van der Waals surface area contributed by atoms with Crippen LogP contribution in [0.4, 0.5) is 0 Å². The summed E-state index contributed by atoms with van der Waals surface area (Å²) >= 11 is 0. The highest BCUT2D eigenvalue weighted by Crippen LogP contribution is 2.67. The molecular weight excluding hydrogens is 238 g/mol. The number of ether oxygens (including phenoxy) is 1. The maximum atomic E-state index is 11.9. The SMILES string of the molecule is C=C(C)C(=O)OC12CC3CC(C)(CC(C#N)(C3)C1)C2. The van der Waals surface area contributed by atoms with Gasteiger partial charge in [0.25, 0.3) is 0 Å². The summed E-state index contributed by atoms with van der Waals surface area (Å²) in [6.07, 6.45) is 5.72. The highest BCUT2D eigenvalue weighted by atomic mass is 16.6. The molecule has 0 amide bonds. The smallest absolute Gasteiger partial charge is 0.333 e. The lowest BCUT2D eigenvalue weighted by Crippen LogP contribution is -2.60. The van der Waals surface area contributed by atoms with Crippen molar-refractivity contribution >= 4 is 5.97 Å². The molecule has 0 aromatic carbocycles. The fourth-order valence-electron chi connectivity index (χ4n) is 5.35. The third kappa shape index (κ3) is 1.89. The van der Waals surface area contributed by atoms with Crippen molar-refractivity contribution in [1.82, 2.24) is 0 Å². The molecule has 4 atom stereocenters. The summed E-state index contributed by atoms with van der Waals surface area (Å²) in [4.78, 5) is 11.9. The molecule has 0 saturated heterocycles. The third-order valence-electron chi connectivity index (χ3n) is 5.19. The van der Waals surface area contributed by atoms with E-state index in [1.54, 1.807) is 6.92 Å². The van der Waals surface area contributed by atoms with Crippen LogP contribution in [0.2, 0.25) is 0 Å². The van der Waals surface area contributed by atoms with Crippen molar-refractivity contribution in [3.63, 3.8) is 0 Å². The Labute approximate surface area is 114 Å². The van der Waals surface area contributed by atoms with Crippen molar-refractivity contribution in [3.8, 4) is 6.07 Å². The summed E-state index contributed by atoms with van der Waals surface area (Å²) in [6, 6.07) is 2.55. The van der Waals surface area contributed by atoms with Crippen LogP contribution < -0.4 is 0 Å². The monoisotopic (exact) mass is 259 g/mol. The second kappa shape index (κ2) is 3.62. The standard InChI is InChI=1S/C16H21NO2/c1-11(2)13(18)19-16-6-12-4-14(3,8-16)7-15(5-12,9-16)10-17/h12H,1,4-9H2,2-3H3. The van der Waals surface area contributed by atoms with E-state index >= 15 is 0 Å². The first kappa shape index (κ1) is 12.7. The van der Waals surface area contributed by atoms with E-state index < -0.39 is 5.60 Å². The van der Waals surface area contributed by atoms with Gasteiger partial charge in [-0.3, -0.25) is 0 Å². The fourth-order valence-corrected chi connectivity index (χ4v) is 5.35. The first-order valence-corrected chi connectivity index (χ1v) is 7.10. The van der Waals surface area contributed by atoms with Gasteiger partial charge in [0.05, 0.1) is 11.5 Å². The van der Waals surface area contributed by atoms with Gasteiger partial charge in [0.1, 0.15) is 5.60 Å². The molecule has 0 aromatic rings. The lowest BCUT2D eigenvalue weighted by molar-refractivity contribution is -0.206. The molecule has 4 unspecified atom stereocenters. The van der Waals surface area contributed by atoms with Gasteiger partial charge in [-0.05, 0) is 50.4 Å². The molecule has 0 radical (unpaired) electrons. The summed E-state index contributed by atoms with van der Waals surface area (Å²) in [5.74, 6) is 0.248. The van der Waals surface area contributed by atoms with E-state index in [0.29, 0.717) is 11.5 Å². The molecule has 3 heteroatoms. The van der Waals surface area contributed by atoms with E-state index in [-0.39, 0.29) is 16.8 Å². The molecule has 4 aliphatic rings. The molecule has 0 heterocycles. The van der Waals surface area contributed by atoms with Gasteiger partial charge in [-0.1, -0.05) is 13.5 Å². The highest BCUT2D eigenvalue weighted by Gasteiger charge is 2.63. The Bertz CT molecular complexity index is 505. The summed E-state index contributed by atoms with van der Waals surface area (Å²) < 4.78 is 5.81. The van der Waals surface area contributed by atoms with E-state index in [2.05, 4.69) is 19.6 Å². The molecule has 0 spiro atoms. The first-order chi connectivity index (χ1) is 8.79. The predicted octanol–water partition coefficient (Wildman–Crippen LogP) is 3.36. The van der Waals surface area contributed by atoms with Crippen molar-refractivity contribution in [3.05, 3.63) is 12.2 Å². The zero-order chi connectivity index (χ0) is 13.9.